The van der Waals surface area contributed by atoms with Gasteiger partial charge < -0.3 is 4.74 Å². The molecule has 0 unspecified atom stereocenters. The lowest BCUT2D eigenvalue weighted by Crippen LogP contribution is -2.11. The molecule has 0 radical (unpaired) electrons. The average molecular weight is 397 g/mol. The Hall–Kier alpha value is -0.790. The van der Waals surface area contributed by atoms with Crippen LogP contribution in [0.3, 0.4) is 0 Å². The zero-order chi connectivity index (χ0) is 14.9. The second-order valence-corrected chi connectivity index (χ2v) is 7.05. The Morgan fingerprint density at radius 2 is 1.75 bits per heavy atom. The van der Waals surface area contributed by atoms with Crippen LogP contribution in [0.25, 0.3) is 0 Å². The van der Waals surface area contributed by atoms with Gasteiger partial charge in [0, 0.05) is 6.07 Å². The monoisotopic (exact) mass is 395 g/mol. The van der Waals surface area contributed by atoms with Crippen molar-refractivity contribution < 1.29 is 13.2 Å². The van der Waals surface area contributed by atoms with E-state index in [2.05, 4.69) is 15.9 Å². The molecule has 20 heavy (non-hydrogen) atoms. The van der Waals surface area contributed by atoms with Gasteiger partial charge >= 0.3 is 0 Å². The van der Waals surface area contributed by atoms with Crippen LogP contribution in [-0.4, -0.2) is 8.42 Å². The number of halogens is 3. The second-order valence-electron chi connectivity index (χ2n) is 3.82. The van der Waals surface area contributed by atoms with Gasteiger partial charge in [0.2, 0.25) is 10.0 Å². The molecule has 8 heteroatoms. The maximum atomic E-state index is 11.2. The van der Waals surface area contributed by atoms with E-state index >= 15 is 0 Å². The summed E-state index contributed by atoms with van der Waals surface area (Å²) >= 11 is 14.9. The van der Waals surface area contributed by atoms with Crippen molar-refractivity contribution in [2.45, 2.75) is 4.90 Å². The summed E-state index contributed by atoms with van der Waals surface area (Å²) in [6.07, 6.45) is 0. The van der Waals surface area contributed by atoms with Crippen LogP contribution in [0.1, 0.15) is 0 Å². The van der Waals surface area contributed by atoms with E-state index in [1.165, 1.54) is 18.2 Å². The van der Waals surface area contributed by atoms with Crippen LogP contribution in [0.15, 0.2) is 45.8 Å². The van der Waals surface area contributed by atoms with Crippen LogP contribution in [0.2, 0.25) is 10.0 Å². The van der Waals surface area contributed by atoms with Crippen molar-refractivity contribution in [1.82, 2.24) is 0 Å². The first-order valence-electron chi connectivity index (χ1n) is 5.22. The smallest absolute Gasteiger partial charge is 0.238 e. The van der Waals surface area contributed by atoms with Gasteiger partial charge in [-0.2, -0.15) is 0 Å². The first kappa shape index (κ1) is 15.6. The van der Waals surface area contributed by atoms with Crippen molar-refractivity contribution >= 4 is 49.2 Å². The van der Waals surface area contributed by atoms with Crippen molar-refractivity contribution in [3.8, 4) is 11.5 Å². The molecule has 0 spiro atoms. The Balaban J connectivity index is 2.32. The first-order valence-corrected chi connectivity index (χ1v) is 8.32. The van der Waals surface area contributed by atoms with Crippen molar-refractivity contribution in [3.05, 3.63) is 50.9 Å². The summed E-state index contributed by atoms with van der Waals surface area (Å²) in [5, 5.41) is 5.82. The third-order valence-corrected chi connectivity index (χ3v) is 4.62. The van der Waals surface area contributed by atoms with Gasteiger partial charge in [-0.1, -0.05) is 23.2 Å². The van der Waals surface area contributed by atoms with Crippen molar-refractivity contribution in [2.24, 2.45) is 5.14 Å². The Morgan fingerprint density at radius 1 is 1.05 bits per heavy atom. The summed E-state index contributed by atoms with van der Waals surface area (Å²) in [4.78, 5) is -0.00846. The molecule has 0 atom stereocenters. The van der Waals surface area contributed by atoms with Crippen LogP contribution < -0.4 is 9.88 Å². The molecule has 0 saturated heterocycles. The Bertz CT molecular complexity index is 765. The third kappa shape index (κ3) is 3.65. The van der Waals surface area contributed by atoms with E-state index in [0.717, 1.165) is 0 Å². The quantitative estimate of drug-likeness (QED) is 0.845. The van der Waals surface area contributed by atoms with Crippen LogP contribution in [0, 0.1) is 0 Å². The molecule has 0 aromatic heterocycles. The van der Waals surface area contributed by atoms with Gasteiger partial charge in [0.1, 0.15) is 11.5 Å². The van der Waals surface area contributed by atoms with E-state index in [1.807, 2.05) is 0 Å². The highest BCUT2D eigenvalue weighted by atomic mass is 79.9. The van der Waals surface area contributed by atoms with Gasteiger partial charge in [0.05, 0.1) is 19.4 Å². The highest BCUT2D eigenvalue weighted by Crippen LogP contribution is 2.34. The fourth-order valence-electron chi connectivity index (χ4n) is 1.41. The van der Waals surface area contributed by atoms with E-state index < -0.39 is 10.0 Å². The minimum absolute atomic E-state index is 0.00846. The molecule has 4 nitrogen and oxygen atoms in total. The minimum atomic E-state index is -3.75. The highest BCUT2D eigenvalue weighted by Gasteiger charge is 2.12. The SMILES string of the molecule is NS(=O)(=O)c1ccc(Oc2ccc(Cl)c(Cl)c2)c(Br)c1. The largest absolute Gasteiger partial charge is 0.456 e. The predicted octanol–water partition coefficient (Wildman–Crippen LogP) is 4.20. The van der Waals surface area contributed by atoms with Crippen LogP contribution in [0.4, 0.5) is 0 Å². The number of primary sulfonamides is 1. The topological polar surface area (TPSA) is 69.4 Å². The average Bonchev–Trinajstić information content (AvgIpc) is 2.35. The minimum Gasteiger partial charge on any atom is -0.456 e. The molecule has 0 fully saturated rings. The summed E-state index contributed by atoms with van der Waals surface area (Å²) in [5.74, 6) is 0.902. The standard InChI is InChI=1S/C12H8BrCl2NO3S/c13-9-6-8(20(16,17)18)2-4-12(9)19-7-1-3-10(14)11(15)5-7/h1-6H,(H2,16,17,18). The molecular formula is C12H8BrCl2NO3S. The van der Waals surface area contributed by atoms with E-state index in [1.54, 1.807) is 18.2 Å². The molecule has 0 heterocycles. The maximum Gasteiger partial charge on any atom is 0.238 e. The highest BCUT2D eigenvalue weighted by molar-refractivity contribution is 9.10. The van der Waals surface area contributed by atoms with Crippen LogP contribution in [-0.2, 0) is 10.0 Å². The Labute approximate surface area is 134 Å². The fraction of sp³-hybridized carbons (Fsp3) is 0. The first-order chi connectivity index (χ1) is 9.27. The lowest BCUT2D eigenvalue weighted by atomic mass is 10.3. The normalized spacial score (nSPS) is 11.4. The molecule has 2 aromatic rings. The van der Waals surface area contributed by atoms with Gasteiger partial charge in [-0.05, 0) is 46.3 Å². The molecular weight excluding hydrogens is 389 g/mol. The van der Waals surface area contributed by atoms with Crippen molar-refractivity contribution in [2.75, 3.05) is 0 Å². The summed E-state index contributed by atoms with van der Waals surface area (Å²) in [6, 6.07) is 9.02. The summed E-state index contributed by atoms with van der Waals surface area (Å²) < 4.78 is 28.5. The van der Waals surface area contributed by atoms with E-state index in [4.69, 9.17) is 33.1 Å². The molecule has 0 amide bonds. The van der Waals surface area contributed by atoms with Gasteiger partial charge in [0.25, 0.3) is 0 Å². The zero-order valence-electron chi connectivity index (χ0n) is 9.81. The van der Waals surface area contributed by atoms with Gasteiger partial charge in [-0.15, -0.1) is 0 Å². The third-order valence-electron chi connectivity index (χ3n) is 2.35. The van der Waals surface area contributed by atoms with Crippen molar-refractivity contribution in [1.29, 1.82) is 0 Å². The number of sulfonamides is 1. The lowest BCUT2D eigenvalue weighted by Gasteiger charge is -2.09. The summed E-state index contributed by atoms with van der Waals surface area (Å²) in [6.45, 7) is 0. The Kier molecular flexibility index (Phi) is 4.61. The number of hydrogen-bond acceptors (Lipinski definition) is 3. The number of rotatable bonds is 3. The molecule has 0 bridgehead atoms. The van der Waals surface area contributed by atoms with Crippen LogP contribution >= 0.6 is 39.1 Å². The van der Waals surface area contributed by atoms with E-state index in [0.29, 0.717) is 26.0 Å². The molecule has 0 saturated carbocycles. The fourth-order valence-corrected chi connectivity index (χ4v) is 2.85. The number of benzene rings is 2. The summed E-state index contributed by atoms with van der Waals surface area (Å²) in [5.41, 5.74) is 0. The lowest BCUT2D eigenvalue weighted by molar-refractivity contribution is 0.479. The van der Waals surface area contributed by atoms with E-state index in [-0.39, 0.29) is 4.90 Å². The molecule has 0 aliphatic carbocycles. The molecule has 2 N–H and O–H groups in total. The van der Waals surface area contributed by atoms with Gasteiger partial charge in [-0.3, -0.25) is 0 Å². The summed E-state index contributed by atoms with van der Waals surface area (Å²) in [7, 11) is -3.75. The van der Waals surface area contributed by atoms with Crippen LogP contribution in [0.5, 0.6) is 11.5 Å². The number of hydrogen-bond donors (Lipinski definition) is 1. The molecule has 106 valence electrons. The molecule has 0 aliphatic rings. The maximum absolute atomic E-state index is 11.2. The second kappa shape index (κ2) is 5.91. The number of ether oxygens (including phenoxy) is 1. The zero-order valence-corrected chi connectivity index (χ0v) is 13.7. The molecule has 0 aliphatic heterocycles. The molecule has 2 aromatic carbocycles. The van der Waals surface area contributed by atoms with Gasteiger partial charge in [0.15, 0.2) is 0 Å². The predicted molar refractivity (Wildman–Crippen MR) is 82.1 cm³/mol. The number of nitrogens with two attached hydrogens (primary N) is 1. The van der Waals surface area contributed by atoms with Crippen molar-refractivity contribution in [3.63, 3.8) is 0 Å². The molecule has 2 rings (SSSR count). The van der Waals surface area contributed by atoms with Gasteiger partial charge in [-0.25, -0.2) is 13.6 Å². The van der Waals surface area contributed by atoms with E-state index in [9.17, 15) is 8.42 Å². The Morgan fingerprint density at radius 3 is 2.30 bits per heavy atom.